The number of nitrogens with zero attached hydrogens (tertiary/aromatic N) is 3. The molecule has 8 nitrogen and oxygen atoms in total. The molecule has 1 aromatic carbocycles. The maximum Gasteiger partial charge on any atom is 0.268 e. The Morgan fingerprint density at radius 1 is 1.21 bits per heavy atom. The fourth-order valence-corrected chi connectivity index (χ4v) is 6.38. The Hall–Kier alpha value is -3.05. The Balaban J connectivity index is 1.45. The van der Waals surface area contributed by atoms with E-state index in [9.17, 15) is 22.0 Å². The van der Waals surface area contributed by atoms with Gasteiger partial charge < -0.3 is 9.64 Å². The van der Waals surface area contributed by atoms with Crippen molar-refractivity contribution in [3.63, 3.8) is 0 Å². The number of ether oxygens (including phenoxy) is 1. The molecule has 2 aromatic heterocycles. The average molecular weight is 491 g/mol. The lowest BCUT2D eigenvalue weighted by Gasteiger charge is -2.27. The number of hydrogen-bond acceptors (Lipinski definition) is 6. The molecule has 3 atom stereocenters. The van der Waals surface area contributed by atoms with Crippen molar-refractivity contribution in [2.75, 3.05) is 18.1 Å². The van der Waals surface area contributed by atoms with Gasteiger partial charge in [-0.25, -0.2) is 26.4 Å². The Bertz CT molecular complexity index is 1360. The average Bonchev–Trinajstić information content (AvgIpc) is 3.53. The topological polar surface area (TPSA) is 93.0 Å². The van der Waals surface area contributed by atoms with Gasteiger partial charge in [-0.15, -0.1) is 0 Å². The number of halogens is 2. The van der Waals surface area contributed by atoms with Crippen molar-refractivity contribution in [3.05, 3.63) is 65.5 Å². The minimum absolute atomic E-state index is 0.102. The molecule has 2 aliphatic heterocycles. The first-order chi connectivity index (χ1) is 16.2. The summed E-state index contributed by atoms with van der Waals surface area (Å²) in [6.45, 7) is 2.61. The first-order valence-corrected chi connectivity index (χ1v) is 12.7. The minimum atomic E-state index is -3.93. The zero-order valence-electron chi connectivity index (χ0n) is 18.4. The van der Waals surface area contributed by atoms with Crippen LogP contribution in [0.5, 0.6) is 0 Å². The molecule has 180 valence electrons. The van der Waals surface area contributed by atoms with Gasteiger partial charge in [0.05, 0.1) is 29.4 Å². The second kappa shape index (κ2) is 8.62. The van der Waals surface area contributed by atoms with E-state index in [1.807, 2.05) is 4.90 Å². The summed E-state index contributed by atoms with van der Waals surface area (Å²) in [6, 6.07) is 6.57. The highest BCUT2D eigenvalue weighted by Gasteiger charge is 2.37. The van der Waals surface area contributed by atoms with Gasteiger partial charge in [-0.2, -0.15) is 5.10 Å². The number of amides is 1. The summed E-state index contributed by atoms with van der Waals surface area (Å²) >= 11 is 0. The number of carbonyl (C=O) groups excluding carboxylic acids is 1. The van der Waals surface area contributed by atoms with Gasteiger partial charge in [0.25, 0.3) is 5.91 Å². The Morgan fingerprint density at radius 3 is 2.79 bits per heavy atom. The number of rotatable bonds is 5. The van der Waals surface area contributed by atoms with Crippen molar-refractivity contribution in [2.45, 2.75) is 43.6 Å². The first-order valence-electron chi connectivity index (χ1n) is 11.1. The number of sulfonamides is 1. The maximum absolute atomic E-state index is 14.5. The number of pyridine rings is 1. The van der Waals surface area contributed by atoms with Crippen LogP contribution in [0.15, 0.2) is 42.7 Å². The number of fused-ring (bicyclic) bond motifs is 1. The van der Waals surface area contributed by atoms with E-state index in [4.69, 9.17) is 4.74 Å². The molecule has 1 N–H and O–H groups in total. The van der Waals surface area contributed by atoms with Crippen LogP contribution in [0.25, 0.3) is 5.52 Å². The predicted octanol–water partition coefficient (Wildman–Crippen LogP) is 3.19. The van der Waals surface area contributed by atoms with E-state index in [-0.39, 0.29) is 17.2 Å². The summed E-state index contributed by atoms with van der Waals surface area (Å²) in [7, 11) is -3.93. The predicted molar refractivity (Wildman–Crippen MR) is 121 cm³/mol. The molecule has 0 saturated carbocycles. The van der Waals surface area contributed by atoms with Crippen LogP contribution in [-0.4, -0.2) is 48.4 Å². The number of carbonyl (C=O) groups is 1. The lowest BCUT2D eigenvalue weighted by molar-refractivity contribution is 0.0981. The van der Waals surface area contributed by atoms with Crippen molar-refractivity contribution in [1.29, 1.82) is 0 Å². The number of hydrogen-bond donors (Lipinski definition) is 1. The third-order valence-corrected chi connectivity index (χ3v) is 8.48. The fraction of sp³-hybridized carbons (Fsp3) is 0.391. The molecule has 3 aromatic rings. The van der Waals surface area contributed by atoms with Gasteiger partial charge in [-0.1, -0.05) is 0 Å². The molecule has 11 heteroatoms. The van der Waals surface area contributed by atoms with Crippen molar-refractivity contribution in [1.82, 2.24) is 14.3 Å². The van der Waals surface area contributed by atoms with E-state index in [0.29, 0.717) is 37.2 Å². The second-order valence-electron chi connectivity index (χ2n) is 8.67. The first kappa shape index (κ1) is 22.7. The van der Waals surface area contributed by atoms with Crippen molar-refractivity contribution >= 4 is 27.1 Å². The third kappa shape index (κ3) is 4.03. The highest BCUT2D eigenvalue weighted by molar-refractivity contribution is 7.90. The van der Waals surface area contributed by atoms with Crippen LogP contribution in [0, 0.1) is 11.6 Å². The van der Waals surface area contributed by atoms with Gasteiger partial charge >= 0.3 is 0 Å². The summed E-state index contributed by atoms with van der Waals surface area (Å²) in [5.41, 5.74) is 1.49. The van der Waals surface area contributed by atoms with Crippen molar-refractivity contribution < 1.29 is 26.7 Å². The number of benzene rings is 1. The smallest absolute Gasteiger partial charge is 0.268 e. The summed E-state index contributed by atoms with van der Waals surface area (Å²) < 4.78 is 62.7. The second-order valence-corrected chi connectivity index (χ2v) is 10.6. The molecule has 5 rings (SSSR count). The number of nitrogens with one attached hydrogen (secondary N) is 1. The summed E-state index contributed by atoms with van der Waals surface area (Å²) in [5, 5.41) is 3.36. The zero-order valence-corrected chi connectivity index (χ0v) is 19.3. The SMILES string of the molecule is CC1OCCC1S(=O)(=O)NC(=O)c1cnn2ccc(N3CCCC3c3cc(F)ccc3F)cc12. The largest absolute Gasteiger partial charge is 0.377 e. The highest BCUT2D eigenvalue weighted by atomic mass is 32.2. The molecule has 2 fully saturated rings. The monoisotopic (exact) mass is 490 g/mol. The van der Waals surface area contributed by atoms with Crippen LogP contribution in [0.2, 0.25) is 0 Å². The quantitative estimate of drug-likeness (QED) is 0.591. The van der Waals surface area contributed by atoms with Gasteiger partial charge in [-0.05, 0) is 56.5 Å². The van der Waals surface area contributed by atoms with Crippen molar-refractivity contribution in [3.8, 4) is 0 Å². The number of aromatic nitrogens is 2. The molecule has 0 aliphatic carbocycles. The normalized spacial score (nSPS) is 23.0. The van der Waals surface area contributed by atoms with Crippen LogP contribution in [-0.2, 0) is 14.8 Å². The van der Waals surface area contributed by atoms with Crippen LogP contribution >= 0.6 is 0 Å². The van der Waals surface area contributed by atoms with Gasteiger partial charge in [0.15, 0.2) is 0 Å². The zero-order chi connectivity index (χ0) is 24.0. The Kier molecular flexibility index (Phi) is 5.76. The molecule has 0 spiro atoms. The fourth-order valence-electron chi connectivity index (χ4n) is 4.87. The standard InChI is InChI=1S/C23H24F2N4O4S/c1-14-22(7-10-33-14)34(31,32)27-23(30)18-13-26-29-9-6-16(12-21(18)29)28-8-2-3-20(28)17-11-15(24)4-5-19(17)25/h4-6,9,11-14,20,22H,2-3,7-8,10H2,1H3,(H,27,30). The molecule has 0 bridgehead atoms. The Labute approximate surface area is 195 Å². The summed E-state index contributed by atoms with van der Waals surface area (Å²) in [5.74, 6) is -1.75. The number of anilines is 1. The van der Waals surface area contributed by atoms with E-state index in [1.165, 1.54) is 16.8 Å². The molecule has 3 unspecified atom stereocenters. The summed E-state index contributed by atoms with van der Waals surface area (Å²) in [6.07, 6.45) is 4.22. The molecule has 1 amide bonds. The van der Waals surface area contributed by atoms with Gasteiger partial charge in [0, 0.05) is 30.6 Å². The molecular formula is C23H24F2N4O4S. The molecule has 34 heavy (non-hydrogen) atoms. The van der Waals surface area contributed by atoms with E-state index in [2.05, 4.69) is 9.82 Å². The van der Waals surface area contributed by atoms with E-state index >= 15 is 0 Å². The van der Waals surface area contributed by atoms with Gasteiger partial charge in [0.1, 0.15) is 16.9 Å². The summed E-state index contributed by atoms with van der Waals surface area (Å²) in [4.78, 5) is 14.9. The lowest BCUT2D eigenvalue weighted by Crippen LogP contribution is -2.41. The minimum Gasteiger partial charge on any atom is -0.377 e. The molecule has 2 aliphatic rings. The van der Waals surface area contributed by atoms with E-state index < -0.39 is 38.9 Å². The highest BCUT2D eigenvalue weighted by Crippen LogP contribution is 2.38. The van der Waals surface area contributed by atoms with Crippen LogP contribution in [0.3, 0.4) is 0 Å². The molecule has 2 saturated heterocycles. The van der Waals surface area contributed by atoms with Crippen molar-refractivity contribution in [2.24, 2.45) is 0 Å². The molecule has 0 radical (unpaired) electrons. The Morgan fingerprint density at radius 2 is 2.03 bits per heavy atom. The molecular weight excluding hydrogens is 466 g/mol. The van der Waals surface area contributed by atoms with E-state index in [1.54, 1.807) is 25.3 Å². The van der Waals surface area contributed by atoms with Crippen LogP contribution in [0.1, 0.15) is 48.1 Å². The van der Waals surface area contributed by atoms with Gasteiger partial charge in [-0.3, -0.25) is 4.79 Å². The van der Waals surface area contributed by atoms with Gasteiger partial charge in [0.2, 0.25) is 10.0 Å². The van der Waals surface area contributed by atoms with Crippen LogP contribution in [0.4, 0.5) is 14.5 Å². The van der Waals surface area contributed by atoms with E-state index in [0.717, 1.165) is 18.6 Å². The molecule has 4 heterocycles. The maximum atomic E-state index is 14.5. The third-order valence-electron chi connectivity index (χ3n) is 6.59. The van der Waals surface area contributed by atoms with Crippen LogP contribution < -0.4 is 9.62 Å². The lowest BCUT2D eigenvalue weighted by atomic mass is 10.0.